The summed E-state index contributed by atoms with van der Waals surface area (Å²) >= 11 is 0. The second-order valence-electron chi connectivity index (χ2n) is 3.27. The molecule has 4 nitrogen and oxygen atoms in total. The highest BCUT2D eigenvalue weighted by Crippen LogP contribution is 2.04. The molecule has 0 fully saturated rings. The zero-order chi connectivity index (χ0) is 10.4. The molecule has 0 bridgehead atoms. The van der Waals surface area contributed by atoms with E-state index in [0.29, 0.717) is 0 Å². The van der Waals surface area contributed by atoms with E-state index in [4.69, 9.17) is 4.74 Å². The Kier molecular flexibility index (Phi) is 4.49. The summed E-state index contributed by atoms with van der Waals surface area (Å²) in [5, 5.41) is 11.3. The summed E-state index contributed by atoms with van der Waals surface area (Å²) in [4.78, 5) is 0. The van der Waals surface area contributed by atoms with Crippen LogP contribution in [-0.4, -0.2) is 30.5 Å². The third-order valence-corrected chi connectivity index (χ3v) is 2.00. The van der Waals surface area contributed by atoms with Gasteiger partial charge < -0.3 is 10.1 Å². The molecule has 4 heteroatoms. The highest BCUT2D eigenvalue weighted by Gasteiger charge is 2.00. The van der Waals surface area contributed by atoms with Crippen molar-refractivity contribution in [1.29, 1.82) is 0 Å². The van der Waals surface area contributed by atoms with E-state index in [2.05, 4.69) is 21.6 Å². The van der Waals surface area contributed by atoms with Gasteiger partial charge in [0.25, 0.3) is 0 Å². The number of hydrogen-bond donors (Lipinski definition) is 1. The zero-order valence-corrected chi connectivity index (χ0v) is 9.00. The number of ether oxygens (including phenoxy) is 1. The number of rotatable bonds is 5. The fourth-order valence-corrected chi connectivity index (χ4v) is 1.18. The molecule has 0 radical (unpaired) electrons. The lowest BCUT2D eigenvalue weighted by Gasteiger charge is -2.06. The summed E-state index contributed by atoms with van der Waals surface area (Å²) in [5.74, 6) is 0. The number of nitrogens with one attached hydrogen (secondary N) is 1. The minimum absolute atomic E-state index is 0.733. The lowest BCUT2D eigenvalue weighted by Crippen LogP contribution is -2.19. The van der Waals surface area contributed by atoms with Crippen LogP contribution in [0.5, 0.6) is 0 Å². The maximum atomic E-state index is 4.94. The monoisotopic (exact) mass is 195 g/mol. The van der Waals surface area contributed by atoms with Crippen LogP contribution in [0.3, 0.4) is 0 Å². The molecule has 0 unspecified atom stereocenters. The molecule has 0 aliphatic carbocycles. The summed E-state index contributed by atoms with van der Waals surface area (Å²) in [7, 11) is 1.70. The van der Waals surface area contributed by atoms with Crippen molar-refractivity contribution in [2.75, 3.05) is 20.3 Å². The molecule has 0 aromatic carbocycles. The molecule has 0 amide bonds. The largest absolute Gasteiger partial charge is 0.383 e. The van der Waals surface area contributed by atoms with E-state index >= 15 is 0 Å². The summed E-state index contributed by atoms with van der Waals surface area (Å²) in [6.45, 7) is 6.34. The normalized spacial score (nSPS) is 10.5. The number of aryl methyl sites for hydroxylation is 2. The van der Waals surface area contributed by atoms with Gasteiger partial charge in [-0.15, -0.1) is 0 Å². The topological polar surface area (TPSA) is 47.0 Å². The summed E-state index contributed by atoms with van der Waals surface area (Å²) in [6.07, 6.45) is 0. The summed E-state index contributed by atoms with van der Waals surface area (Å²) in [5.41, 5.74) is 3.15. The van der Waals surface area contributed by atoms with Gasteiger partial charge in [0, 0.05) is 20.2 Å². The highest BCUT2D eigenvalue weighted by molar-refractivity contribution is 5.19. The molecule has 1 N–H and O–H groups in total. The third kappa shape index (κ3) is 3.40. The molecule has 1 aromatic rings. The molecule has 1 heterocycles. The van der Waals surface area contributed by atoms with Crippen LogP contribution in [-0.2, 0) is 11.3 Å². The van der Waals surface area contributed by atoms with Gasteiger partial charge in [0.05, 0.1) is 18.0 Å². The number of methoxy groups -OCH3 is 1. The van der Waals surface area contributed by atoms with Crippen molar-refractivity contribution in [2.45, 2.75) is 20.4 Å². The van der Waals surface area contributed by atoms with Crippen LogP contribution in [0.1, 0.15) is 17.0 Å². The molecule has 14 heavy (non-hydrogen) atoms. The van der Waals surface area contributed by atoms with Crippen molar-refractivity contribution in [2.24, 2.45) is 0 Å². The van der Waals surface area contributed by atoms with Crippen LogP contribution in [0.4, 0.5) is 0 Å². The molecule has 0 aliphatic rings. The summed E-state index contributed by atoms with van der Waals surface area (Å²) in [6, 6.07) is 2.06. The molecule has 0 atom stereocenters. The Morgan fingerprint density at radius 2 is 2.14 bits per heavy atom. The van der Waals surface area contributed by atoms with E-state index in [1.54, 1.807) is 7.11 Å². The molecule has 1 rings (SSSR count). The quantitative estimate of drug-likeness (QED) is 0.707. The number of aromatic nitrogens is 2. The van der Waals surface area contributed by atoms with E-state index in [1.165, 1.54) is 5.56 Å². The van der Waals surface area contributed by atoms with Crippen molar-refractivity contribution in [3.05, 3.63) is 23.0 Å². The van der Waals surface area contributed by atoms with E-state index in [9.17, 15) is 0 Å². The highest BCUT2D eigenvalue weighted by atomic mass is 16.5. The van der Waals surface area contributed by atoms with Crippen molar-refractivity contribution >= 4 is 0 Å². The van der Waals surface area contributed by atoms with Gasteiger partial charge in [-0.25, -0.2) is 0 Å². The van der Waals surface area contributed by atoms with Crippen molar-refractivity contribution < 1.29 is 4.74 Å². The summed E-state index contributed by atoms with van der Waals surface area (Å²) < 4.78 is 4.94. The fraction of sp³-hybridized carbons (Fsp3) is 0.600. The van der Waals surface area contributed by atoms with Crippen molar-refractivity contribution in [1.82, 2.24) is 15.5 Å². The first-order valence-corrected chi connectivity index (χ1v) is 4.73. The van der Waals surface area contributed by atoms with E-state index < -0.39 is 0 Å². The first kappa shape index (κ1) is 11.1. The van der Waals surface area contributed by atoms with Gasteiger partial charge in [-0.1, -0.05) is 0 Å². The van der Waals surface area contributed by atoms with Crippen LogP contribution in [0.25, 0.3) is 0 Å². The average molecular weight is 195 g/mol. The van der Waals surface area contributed by atoms with E-state index in [1.807, 2.05) is 13.8 Å². The van der Waals surface area contributed by atoms with Gasteiger partial charge in [0.1, 0.15) is 0 Å². The maximum absolute atomic E-state index is 4.94. The molecule has 0 saturated heterocycles. The van der Waals surface area contributed by atoms with E-state index in [-0.39, 0.29) is 0 Å². The van der Waals surface area contributed by atoms with Gasteiger partial charge in [0.2, 0.25) is 0 Å². The van der Waals surface area contributed by atoms with Gasteiger partial charge >= 0.3 is 0 Å². The fourth-order valence-electron chi connectivity index (χ4n) is 1.18. The van der Waals surface area contributed by atoms with Crippen LogP contribution < -0.4 is 5.32 Å². The second kappa shape index (κ2) is 5.67. The first-order valence-electron chi connectivity index (χ1n) is 4.73. The lowest BCUT2D eigenvalue weighted by molar-refractivity contribution is 0.199. The Labute approximate surface area is 84.7 Å². The van der Waals surface area contributed by atoms with Gasteiger partial charge in [-0.05, 0) is 25.5 Å². The Hall–Kier alpha value is -1.00. The molecule has 0 saturated carbocycles. The predicted molar refractivity (Wildman–Crippen MR) is 55.1 cm³/mol. The SMILES string of the molecule is COCCNCc1cc(C)nnc1C. The molecule has 0 aliphatic heterocycles. The Bertz CT molecular complexity index is 289. The predicted octanol–water partition coefficient (Wildman–Crippen LogP) is 0.829. The van der Waals surface area contributed by atoms with Crippen LogP contribution in [0.15, 0.2) is 6.07 Å². The van der Waals surface area contributed by atoms with Gasteiger partial charge in [-0.2, -0.15) is 10.2 Å². The van der Waals surface area contributed by atoms with Crippen molar-refractivity contribution in [3.63, 3.8) is 0 Å². The minimum Gasteiger partial charge on any atom is -0.383 e. The number of hydrogen-bond acceptors (Lipinski definition) is 4. The van der Waals surface area contributed by atoms with Crippen LogP contribution >= 0.6 is 0 Å². The second-order valence-corrected chi connectivity index (χ2v) is 3.27. The molecular weight excluding hydrogens is 178 g/mol. The molecule has 1 aromatic heterocycles. The molecular formula is C10H17N3O. The van der Waals surface area contributed by atoms with Crippen molar-refractivity contribution in [3.8, 4) is 0 Å². The maximum Gasteiger partial charge on any atom is 0.0645 e. The molecule has 78 valence electrons. The zero-order valence-electron chi connectivity index (χ0n) is 9.00. The minimum atomic E-state index is 0.733. The standard InChI is InChI=1S/C10H17N3O/c1-8-6-10(9(2)13-12-8)7-11-4-5-14-3/h6,11H,4-5,7H2,1-3H3. The van der Waals surface area contributed by atoms with Gasteiger partial charge in [-0.3, -0.25) is 0 Å². The molecule has 0 spiro atoms. The Morgan fingerprint density at radius 3 is 2.86 bits per heavy atom. The Balaban J connectivity index is 2.45. The Morgan fingerprint density at radius 1 is 1.36 bits per heavy atom. The average Bonchev–Trinajstić information content (AvgIpc) is 2.18. The number of nitrogens with zero attached hydrogens (tertiary/aromatic N) is 2. The van der Waals surface area contributed by atoms with Crippen LogP contribution in [0, 0.1) is 13.8 Å². The van der Waals surface area contributed by atoms with Gasteiger partial charge in [0.15, 0.2) is 0 Å². The van der Waals surface area contributed by atoms with E-state index in [0.717, 1.165) is 31.1 Å². The smallest absolute Gasteiger partial charge is 0.0645 e. The lowest BCUT2D eigenvalue weighted by atomic mass is 10.2. The van der Waals surface area contributed by atoms with Crippen LogP contribution in [0.2, 0.25) is 0 Å². The first-order chi connectivity index (χ1) is 6.74. The third-order valence-electron chi connectivity index (χ3n) is 2.00.